The van der Waals surface area contributed by atoms with Gasteiger partial charge in [-0.1, -0.05) is 11.6 Å². The number of nitrogens with zero attached hydrogens (tertiary/aromatic N) is 1. The van der Waals surface area contributed by atoms with Gasteiger partial charge in [0, 0.05) is 17.8 Å². The quantitative estimate of drug-likeness (QED) is 0.744. The summed E-state index contributed by atoms with van der Waals surface area (Å²) in [6.45, 7) is 4.18. The van der Waals surface area contributed by atoms with E-state index in [9.17, 15) is 14.5 Å². The predicted octanol–water partition coefficient (Wildman–Crippen LogP) is 2.13. The topological polar surface area (TPSA) is 112 Å². The van der Waals surface area contributed by atoms with Crippen molar-refractivity contribution in [3.05, 3.63) is 61.9 Å². The second kappa shape index (κ2) is 7.42. The van der Waals surface area contributed by atoms with E-state index in [1.807, 2.05) is 26.0 Å². The van der Waals surface area contributed by atoms with Crippen LogP contribution < -0.4 is 15.8 Å². The third-order valence-electron chi connectivity index (χ3n) is 4.76. The lowest BCUT2D eigenvalue weighted by Gasteiger charge is -2.23. The maximum Gasteiger partial charge on any atom is 0.619 e. The van der Waals surface area contributed by atoms with Crippen molar-refractivity contribution in [2.24, 2.45) is 0 Å². The molecule has 0 amide bonds. The molecule has 3 unspecified atom stereocenters. The molecule has 28 heavy (non-hydrogen) atoms. The number of ether oxygens (including phenoxy) is 1. The summed E-state index contributed by atoms with van der Waals surface area (Å²) in [4.78, 5) is 35.9. The van der Waals surface area contributed by atoms with Crippen LogP contribution in [0.15, 0.2) is 34.0 Å². The van der Waals surface area contributed by atoms with Crippen LogP contribution in [-0.4, -0.2) is 27.2 Å². The summed E-state index contributed by atoms with van der Waals surface area (Å²) in [6.07, 6.45) is 1.79. The Morgan fingerprint density at radius 3 is 2.93 bits per heavy atom. The van der Waals surface area contributed by atoms with Crippen molar-refractivity contribution < 1.29 is 23.2 Å². The molecule has 0 aliphatic carbocycles. The largest absolute Gasteiger partial charge is 0.619 e. The van der Waals surface area contributed by atoms with Crippen LogP contribution in [0, 0.1) is 13.8 Å². The monoisotopic (exact) mass is 409 g/mol. The van der Waals surface area contributed by atoms with E-state index in [0.29, 0.717) is 18.6 Å². The molecule has 1 fully saturated rings. The number of hydrogen-bond donors (Lipinski definition) is 2. The highest BCUT2D eigenvalue weighted by molar-refractivity contribution is 7.55. The van der Waals surface area contributed by atoms with Crippen LogP contribution in [0.4, 0.5) is 0 Å². The number of rotatable bonds is 4. The maximum absolute atomic E-state index is 11.9. The zero-order valence-electron chi connectivity index (χ0n) is 15.6. The molecule has 0 bridgehead atoms. The lowest BCUT2D eigenvalue weighted by atomic mass is 10.1. The Morgan fingerprint density at radius 1 is 1.32 bits per heavy atom. The van der Waals surface area contributed by atoms with Crippen LogP contribution in [-0.2, 0) is 20.4 Å². The second-order valence-corrected chi connectivity index (χ2v) is 8.64. The number of benzene rings is 1. The predicted molar refractivity (Wildman–Crippen MR) is 101 cm³/mol. The number of hydrogen-bond acceptors (Lipinski definition) is 7. The van der Waals surface area contributed by atoms with E-state index >= 15 is 0 Å². The summed E-state index contributed by atoms with van der Waals surface area (Å²) >= 11 is 0. The van der Waals surface area contributed by atoms with E-state index < -0.39 is 25.6 Å². The molecule has 2 N–H and O–H groups in total. The molecule has 4 rings (SSSR count). The first-order chi connectivity index (χ1) is 13.3. The summed E-state index contributed by atoms with van der Waals surface area (Å²) in [5.74, 6) is 0.595. The van der Waals surface area contributed by atoms with Crippen LogP contribution >= 0.6 is 8.17 Å². The number of H-pyrrole nitrogens is 1. The van der Waals surface area contributed by atoms with Crippen LogP contribution in [0.3, 0.4) is 0 Å². The van der Waals surface area contributed by atoms with Gasteiger partial charge < -0.3 is 4.74 Å². The van der Waals surface area contributed by atoms with Crippen LogP contribution in [0.2, 0.25) is 0 Å². The molecule has 1 aromatic carbocycles. The van der Waals surface area contributed by atoms with Gasteiger partial charge in [0.05, 0.1) is 6.10 Å². The summed E-state index contributed by atoms with van der Waals surface area (Å²) < 4.78 is 23.9. The average Bonchev–Trinajstić information content (AvgIpc) is 3.10. The molecule has 1 saturated heterocycles. The lowest BCUT2D eigenvalue weighted by Crippen LogP contribution is -2.31. The highest BCUT2D eigenvalue weighted by Crippen LogP contribution is 2.62. The molecule has 2 aliphatic rings. The Bertz CT molecular complexity index is 1000. The summed E-state index contributed by atoms with van der Waals surface area (Å²) in [5, 5.41) is 0. The fourth-order valence-corrected chi connectivity index (χ4v) is 4.81. The first kappa shape index (κ1) is 19.3. The van der Waals surface area contributed by atoms with Gasteiger partial charge in [-0.05, 0) is 38.3 Å². The fraction of sp³-hybridized carbons (Fsp3) is 0.444. The molecule has 150 valence electrons. The Kier molecular flexibility index (Phi) is 5.11. The van der Waals surface area contributed by atoms with E-state index in [1.54, 1.807) is 0 Å². The lowest BCUT2D eigenvalue weighted by molar-refractivity contribution is -0.0301. The van der Waals surface area contributed by atoms with Crippen molar-refractivity contribution in [2.75, 3.05) is 6.61 Å². The zero-order chi connectivity index (χ0) is 19.9. The minimum absolute atomic E-state index is 0.0686. The van der Waals surface area contributed by atoms with Gasteiger partial charge in [-0.2, -0.15) is 4.89 Å². The summed E-state index contributed by atoms with van der Waals surface area (Å²) in [6, 6.07) is 5.20. The SMILES string of the molecule is Cc1cc(C)c2c(c1)CO[P+](O)(OCC1CCC(n3ccc(=O)[nH]c3=O)O1)O2. The number of fused-ring (bicyclic) bond motifs is 1. The van der Waals surface area contributed by atoms with Crippen molar-refractivity contribution in [3.8, 4) is 5.75 Å². The smallest absolute Gasteiger partial charge is 0.352 e. The van der Waals surface area contributed by atoms with Gasteiger partial charge in [-0.3, -0.25) is 18.9 Å². The van der Waals surface area contributed by atoms with Gasteiger partial charge in [0.25, 0.3) is 5.56 Å². The van der Waals surface area contributed by atoms with Gasteiger partial charge in [0.1, 0.15) is 19.4 Å². The molecule has 3 atom stereocenters. The highest BCUT2D eigenvalue weighted by Gasteiger charge is 2.51. The zero-order valence-corrected chi connectivity index (χ0v) is 16.5. The molecule has 0 saturated carbocycles. The Balaban J connectivity index is 1.38. The molecule has 1 aromatic heterocycles. The molecule has 0 radical (unpaired) electrons. The Hall–Kier alpha value is -2.03. The van der Waals surface area contributed by atoms with Gasteiger partial charge >= 0.3 is 13.9 Å². The van der Waals surface area contributed by atoms with Crippen molar-refractivity contribution in [3.63, 3.8) is 0 Å². The number of nitrogens with one attached hydrogen (secondary N) is 1. The fourth-order valence-electron chi connectivity index (χ4n) is 3.48. The first-order valence-electron chi connectivity index (χ1n) is 9.00. The van der Waals surface area contributed by atoms with Crippen molar-refractivity contribution in [2.45, 2.75) is 45.6 Å². The van der Waals surface area contributed by atoms with E-state index in [-0.39, 0.29) is 19.3 Å². The van der Waals surface area contributed by atoms with Crippen molar-refractivity contribution >= 4 is 8.17 Å². The molecule has 10 heteroatoms. The van der Waals surface area contributed by atoms with Crippen molar-refractivity contribution in [1.82, 2.24) is 9.55 Å². The Labute approximate surface area is 161 Å². The van der Waals surface area contributed by atoms with Crippen LogP contribution in [0.1, 0.15) is 35.8 Å². The first-order valence-corrected chi connectivity index (χ1v) is 10.5. The van der Waals surface area contributed by atoms with E-state index in [4.69, 9.17) is 18.3 Å². The average molecular weight is 409 g/mol. The van der Waals surface area contributed by atoms with Gasteiger partial charge in [-0.25, -0.2) is 4.79 Å². The minimum Gasteiger partial charge on any atom is -0.352 e. The highest BCUT2D eigenvalue weighted by atomic mass is 31.2. The van der Waals surface area contributed by atoms with Gasteiger partial charge in [0.15, 0.2) is 5.75 Å². The molecule has 3 heterocycles. The Morgan fingerprint density at radius 2 is 2.14 bits per heavy atom. The second-order valence-electron chi connectivity index (χ2n) is 7.01. The minimum atomic E-state index is -3.49. The molecule has 0 spiro atoms. The summed E-state index contributed by atoms with van der Waals surface area (Å²) in [7, 11) is -3.49. The third kappa shape index (κ3) is 3.90. The van der Waals surface area contributed by atoms with Crippen LogP contribution in [0.5, 0.6) is 5.75 Å². The summed E-state index contributed by atoms with van der Waals surface area (Å²) in [5.41, 5.74) is 1.90. The third-order valence-corrected chi connectivity index (χ3v) is 6.10. The van der Waals surface area contributed by atoms with E-state index in [1.165, 1.54) is 16.8 Å². The maximum atomic E-state index is 11.9. The molecular weight excluding hydrogens is 387 g/mol. The molecular formula is C18H22N2O7P+. The van der Waals surface area contributed by atoms with Crippen molar-refractivity contribution in [1.29, 1.82) is 0 Å². The standard InChI is InChI=1S/C18H21N2O7P/c1-11-7-12(2)17-13(8-11)9-24-28(23,27-17)25-10-14-3-4-16(26-14)20-6-5-15(21)19-18(20)22/h5-8,14,16,23H,3-4,9-10H2,1-2H3/p+1. The number of aromatic nitrogens is 2. The van der Waals surface area contributed by atoms with E-state index in [0.717, 1.165) is 16.7 Å². The molecule has 2 aromatic rings. The molecule has 9 nitrogen and oxygen atoms in total. The van der Waals surface area contributed by atoms with Gasteiger partial charge in [0.2, 0.25) is 0 Å². The van der Waals surface area contributed by atoms with Gasteiger partial charge in [-0.15, -0.1) is 9.05 Å². The number of aryl methyl sites for hydroxylation is 2. The van der Waals surface area contributed by atoms with E-state index in [2.05, 4.69) is 4.98 Å². The molecule has 2 aliphatic heterocycles. The normalized spacial score (nSPS) is 26.7. The van der Waals surface area contributed by atoms with Crippen LogP contribution in [0.25, 0.3) is 0 Å². The number of aromatic amines is 1.